The summed E-state index contributed by atoms with van der Waals surface area (Å²) >= 11 is 0. The molecule has 1 aliphatic rings. The molecule has 0 radical (unpaired) electrons. The molecular weight excluding hydrogens is 550 g/mol. The number of benzene rings is 3. The van der Waals surface area contributed by atoms with E-state index >= 15 is 0 Å². The zero-order chi connectivity index (χ0) is 29.8. The average Bonchev–Trinajstić information content (AvgIpc) is 2.95. The molecule has 0 bridgehead atoms. The summed E-state index contributed by atoms with van der Waals surface area (Å²) in [5.41, 5.74) is -2.79. The fourth-order valence-corrected chi connectivity index (χ4v) is 4.58. The van der Waals surface area contributed by atoms with E-state index in [0.29, 0.717) is 17.7 Å². The SMILES string of the molecule is O=C(/C=C/C(=O)N1CCN(C(=O)c2cc(C(F)(F)F)cc(C(F)(F)F)c2)[C@H](Cc2ccccc2)C1)c1ccccc1. The smallest absolute Gasteiger partial charge is 0.335 e. The van der Waals surface area contributed by atoms with Gasteiger partial charge in [-0.15, -0.1) is 0 Å². The summed E-state index contributed by atoms with van der Waals surface area (Å²) in [7, 11) is 0. The molecule has 2 amide bonds. The van der Waals surface area contributed by atoms with Crippen LogP contribution >= 0.6 is 0 Å². The van der Waals surface area contributed by atoms with Gasteiger partial charge in [-0.1, -0.05) is 60.7 Å². The lowest BCUT2D eigenvalue weighted by Crippen LogP contribution is -2.57. The Morgan fingerprint density at radius 1 is 0.732 bits per heavy atom. The lowest BCUT2D eigenvalue weighted by atomic mass is 9.99. The van der Waals surface area contributed by atoms with E-state index in [2.05, 4.69) is 0 Å². The minimum atomic E-state index is -5.10. The summed E-state index contributed by atoms with van der Waals surface area (Å²) in [5, 5.41) is 0. The minimum absolute atomic E-state index is 0.0299. The number of halogens is 6. The van der Waals surface area contributed by atoms with E-state index in [1.165, 1.54) is 9.80 Å². The van der Waals surface area contributed by atoms with Crippen LogP contribution in [0, 0.1) is 0 Å². The maximum atomic E-state index is 13.4. The van der Waals surface area contributed by atoms with Gasteiger partial charge >= 0.3 is 12.4 Å². The molecule has 3 aromatic rings. The van der Waals surface area contributed by atoms with Gasteiger partial charge in [-0.3, -0.25) is 14.4 Å². The van der Waals surface area contributed by atoms with Gasteiger partial charge in [-0.05, 0) is 36.3 Å². The molecule has 11 heteroatoms. The maximum Gasteiger partial charge on any atom is 0.416 e. The number of ketones is 1. The predicted molar refractivity (Wildman–Crippen MR) is 138 cm³/mol. The highest BCUT2D eigenvalue weighted by Crippen LogP contribution is 2.37. The van der Waals surface area contributed by atoms with Crippen LogP contribution in [0.15, 0.2) is 91.0 Å². The molecule has 4 rings (SSSR count). The Labute approximate surface area is 231 Å². The van der Waals surface area contributed by atoms with Gasteiger partial charge in [0.2, 0.25) is 5.91 Å². The van der Waals surface area contributed by atoms with Gasteiger partial charge in [-0.25, -0.2) is 0 Å². The van der Waals surface area contributed by atoms with E-state index in [4.69, 9.17) is 0 Å². The third-order valence-corrected chi connectivity index (χ3v) is 6.64. The van der Waals surface area contributed by atoms with Crippen molar-refractivity contribution in [3.8, 4) is 0 Å². The average molecular weight is 575 g/mol. The topological polar surface area (TPSA) is 57.7 Å². The van der Waals surface area contributed by atoms with Crippen molar-refractivity contribution in [3.63, 3.8) is 0 Å². The second kappa shape index (κ2) is 12.0. The van der Waals surface area contributed by atoms with Crippen LogP contribution in [0.5, 0.6) is 0 Å². The van der Waals surface area contributed by atoms with Crippen molar-refractivity contribution in [1.29, 1.82) is 0 Å². The highest BCUT2D eigenvalue weighted by atomic mass is 19.4. The van der Waals surface area contributed by atoms with Crippen LogP contribution in [0.1, 0.15) is 37.4 Å². The molecular formula is C30H24F6N2O3. The highest BCUT2D eigenvalue weighted by molar-refractivity contribution is 6.07. The molecule has 0 spiro atoms. The number of carbonyl (C=O) groups is 3. The van der Waals surface area contributed by atoms with Gasteiger partial charge in [0.1, 0.15) is 0 Å². The molecule has 41 heavy (non-hydrogen) atoms. The van der Waals surface area contributed by atoms with Crippen molar-refractivity contribution in [1.82, 2.24) is 9.80 Å². The van der Waals surface area contributed by atoms with E-state index in [1.54, 1.807) is 60.7 Å². The summed E-state index contributed by atoms with van der Waals surface area (Å²) in [4.78, 5) is 41.3. The van der Waals surface area contributed by atoms with Crippen LogP contribution in [-0.4, -0.2) is 53.1 Å². The first-order valence-electron chi connectivity index (χ1n) is 12.5. The quantitative estimate of drug-likeness (QED) is 0.204. The minimum Gasteiger partial charge on any atom is -0.335 e. The Hall–Kier alpha value is -4.41. The second-order valence-corrected chi connectivity index (χ2v) is 9.48. The van der Waals surface area contributed by atoms with Crippen molar-refractivity contribution >= 4 is 17.6 Å². The van der Waals surface area contributed by atoms with Crippen molar-refractivity contribution in [2.24, 2.45) is 0 Å². The summed E-state index contributed by atoms with van der Waals surface area (Å²) in [6.07, 6.45) is -7.78. The molecule has 1 fully saturated rings. The fourth-order valence-electron chi connectivity index (χ4n) is 4.58. The highest BCUT2D eigenvalue weighted by Gasteiger charge is 2.39. The molecule has 3 aromatic carbocycles. The van der Waals surface area contributed by atoms with E-state index in [9.17, 15) is 40.7 Å². The molecule has 1 heterocycles. The summed E-state index contributed by atoms with van der Waals surface area (Å²) in [6.45, 7) is -0.223. The largest absolute Gasteiger partial charge is 0.416 e. The molecule has 0 aromatic heterocycles. The first kappa shape index (κ1) is 29.6. The Kier molecular flexibility index (Phi) is 8.65. The van der Waals surface area contributed by atoms with Crippen LogP contribution in [-0.2, 0) is 23.6 Å². The standard InChI is InChI=1S/C30H24F6N2O3/c31-29(32,33)23-16-22(17-24(18-23)30(34,35)36)28(41)38-14-13-37(19-25(38)15-20-7-3-1-4-8-20)27(40)12-11-26(39)21-9-5-2-6-10-21/h1-12,16-18,25H,13-15,19H2/b12-11+/t25-/m1/s1. The third kappa shape index (κ3) is 7.41. The van der Waals surface area contributed by atoms with Crippen LogP contribution in [0.25, 0.3) is 0 Å². The van der Waals surface area contributed by atoms with Gasteiger partial charge in [0, 0.05) is 36.8 Å². The number of hydrogen-bond donors (Lipinski definition) is 0. The molecule has 0 aliphatic carbocycles. The van der Waals surface area contributed by atoms with Crippen LogP contribution < -0.4 is 0 Å². The number of carbonyl (C=O) groups excluding carboxylic acids is 3. The molecule has 0 saturated carbocycles. The number of nitrogens with zero attached hydrogens (tertiary/aromatic N) is 2. The second-order valence-electron chi connectivity index (χ2n) is 9.48. The van der Waals surface area contributed by atoms with Crippen molar-refractivity contribution < 1.29 is 40.7 Å². The molecule has 5 nitrogen and oxygen atoms in total. The van der Waals surface area contributed by atoms with Crippen molar-refractivity contribution in [2.45, 2.75) is 24.8 Å². The number of hydrogen-bond acceptors (Lipinski definition) is 3. The van der Waals surface area contributed by atoms with E-state index in [-0.39, 0.29) is 32.1 Å². The first-order valence-corrected chi connectivity index (χ1v) is 12.5. The number of piperazine rings is 1. The number of amides is 2. The molecule has 0 unspecified atom stereocenters. The van der Waals surface area contributed by atoms with Crippen LogP contribution in [0.3, 0.4) is 0 Å². The normalized spacial score (nSPS) is 16.2. The maximum absolute atomic E-state index is 13.4. The third-order valence-electron chi connectivity index (χ3n) is 6.64. The monoisotopic (exact) mass is 574 g/mol. The van der Waals surface area contributed by atoms with E-state index in [1.807, 2.05) is 0 Å². The van der Waals surface area contributed by atoms with Crippen molar-refractivity contribution in [2.75, 3.05) is 19.6 Å². The van der Waals surface area contributed by atoms with Gasteiger partial charge in [-0.2, -0.15) is 26.3 Å². The van der Waals surface area contributed by atoms with Gasteiger partial charge < -0.3 is 9.80 Å². The molecule has 214 valence electrons. The van der Waals surface area contributed by atoms with Gasteiger partial charge in [0.15, 0.2) is 5.78 Å². The Balaban J connectivity index is 1.60. The summed E-state index contributed by atoms with van der Waals surface area (Å²) < 4.78 is 80.5. The number of allylic oxidation sites excluding steroid dienone is 1. The zero-order valence-electron chi connectivity index (χ0n) is 21.5. The molecule has 1 saturated heterocycles. The molecule has 1 aliphatic heterocycles. The lowest BCUT2D eigenvalue weighted by molar-refractivity contribution is -0.143. The molecule has 1 atom stereocenters. The molecule has 0 N–H and O–H groups in total. The van der Waals surface area contributed by atoms with Crippen LogP contribution in [0.2, 0.25) is 0 Å². The summed E-state index contributed by atoms with van der Waals surface area (Å²) in [5.74, 6) is -1.92. The van der Waals surface area contributed by atoms with Gasteiger partial charge in [0.25, 0.3) is 5.91 Å². The summed E-state index contributed by atoms with van der Waals surface area (Å²) in [6, 6.07) is 17.1. The lowest BCUT2D eigenvalue weighted by Gasteiger charge is -2.41. The zero-order valence-corrected chi connectivity index (χ0v) is 21.5. The predicted octanol–water partition coefficient (Wildman–Crippen LogP) is 6.06. The first-order chi connectivity index (χ1) is 19.3. The Morgan fingerprint density at radius 2 is 1.29 bits per heavy atom. The Bertz CT molecular complexity index is 1400. The number of alkyl halides is 6. The number of rotatable bonds is 6. The fraction of sp³-hybridized carbons (Fsp3) is 0.233. The van der Waals surface area contributed by atoms with E-state index < -0.39 is 52.7 Å². The van der Waals surface area contributed by atoms with Gasteiger partial charge in [0.05, 0.1) is 17.2 Å². The Morgan fingerprint density at radius 3 is 1.85 bits per heavy atom. The van der Waals surface area contributed by atoms with E-state index in [0.717, 1.165) is 17.7 Å². The van der Waals surface area contributed by atoms with Crippen LogP contribution in [0.4, 0.5) is 26.3 Å². The van der Waals surface area contributed by atoms with Crippen molar-refractivity contribution in [3.05, 3.63) is 119 Å².